The maximum absolute atomic E-state index is 12.3. The minimum Gasteiger partial charge on any atom is -0.341 e. The summed E-state index contributed by atoms with van der Waals surface area (Å²) in [5.41, 5.74) is 1.10. The molecule has 0 unspecified atom stereocenters. The molecule has 3 rings (SSSR count). The van der Waals surface area contributed by atoms with Gasteiger partial charge in [-0.3, -0.25) is 4.79 Å². The molecular formula is C16H17N5OS2. The van der Waals surface area contributed by atoms with E-state index in [2.05, 4.69) is 10.2 Å². The van der Waals surface area contributed by atoms with Crippen molar-refractivity contribution in [1.82, 2.24) is 19.8 Å². The van der Waals surface area contributed by atoms with Crippen molar-refractivity contribution in [2.75, 3.05) is 18.6 Å². The minimum atomic E-state index is 0.0181. The maximum atomic E-state index is 12.3. The Labute approximate surface area is 148 Å². The van der Waals surface area contributed by atoms with Crippen LogP contribution in [0.1, 0.15) is 5.56 Å². The predicted octanol–water partition coefficient (Wildman–Crippen LogP) is 2.47. The molecule has 8 heteroatoms. The number of hydrogen-bond donors (Lipinski definition) is 1. The van der Waals surface area contributed by atoms with Gasteiger partial charge in [-0.05, 0) is 17.0 Å². The Bertz CT molecular complexity index is 801. The molecule has 0 fully saturated rings. The number of thiophene rings is 1. The van der Waals surface area contributed by atoms with Crippen molar-refractivity contribution in [2.45, 2.75) is 11.7 Å². The van der Waals surface area contributed by atoms with Crippen LogP contribution in [0.2, 0.25) is 0 Å². The first-order chi connectivity index (χ1) is 11.6. The third-order valence-electron chi connectivity index (χ3n) is 3.42. The lowest BCUT2D eigenvalue weighted by atomic mass is 10.2. The van der Waals surface area contributed by atoms with Crippen molar-refractivity contribution in [2.24, 2.45) is 0 Å². The first kappa shape index (κ1) is 16.5. The van der Waals surface area contributed by atoms with Gasteiger partial charge in [0, 0.05) is 13.6 Å². The molecule has 3 aromatic rings. The number of carbonyl (C=O) groups excluding carboxylic acids is 1. The monoisotopic (exact) mass is 359 g/mol. The molecular weight excluding hydrogens is 342 g/mol. The minimum absolute atomic E-state index is 0.0181. The zero-order valence-corrected chi connectivity index (χ0v) is 14.8. The van der Waals surface area contributed by atoms with E-state index in [9.17, 15) is 4.79 Å². The number of nitrogens with two attached hydrogens (primary N) is 1. The molecule has 0 aliphatic rings. The fourth-order valence-electron chi connectivity index (χ4n) is 2.13. The summed E-state index contributed by atoms with van der Waals surface area (Å²) in [7, 11) is 1.79. The van der Waals surface area contributed by atoms with Crippen molar-refractivity contribution in [1.29, 1.82) is 0 Å². The first-order valence-electron chi connectivity index (χ1n) is 7.30. The number of amides is 1. The van der Waals surface area contributed by atoms with E-state index in [1.165, 1.54) is 16.4 Å². The first-order valence-corrected chi connectivity index (χ1v) is 9.16. The van der Waals surface area contributed by atoms with Crippen LogP contribution in [0.4, 0.5) is 0 Å². The standard InChI is InChI=1S/C16H17N5OS2/c1-20(10-12-6-3-2-4-7-12)14(22)11-24-16-19-18-15(21(16)17)13-8-5-9-23-13/h2-9H,10-11,17H2,1H3. The fraction of sp³-hybridized carbons (Fsp3) is 0.188. The van der Waals surface area contributed by atoms with Gasteiger partial charge < -0.3 is 10.7 Å². The van der Waals surface area contributed by atoms with Gasteiger partial charge in [-0.1, -0.05) is 48.2 Å². The molecule has 124 valence electrons. The second kappa shape index (κ2) is 7.50. The quantitative estimate of drug-likeness (QED) is 0.540. The molecule has 0 aliphatic heterocycles. The number of nitrogens with zero attached hydrogens (tertiary/aromatic N) is 4. The normalized spacial score (nSPS) is 10.7. The third kappa shape index (κ3) is 3.77. The SMILES string of the molecule is CN(Cc1ccccc1)C(=O)CSc1nnc(-c2cccs2)n1N. The highest BCUT2D eigenvalue weighted by Gasteiger charge is 2.16. The molecule has 0 bridgehead atoms. The van der Waals surface area contributed by atoms with E-state index >= 15 is 0 Å². The Balaban J connectivity index is 1.58. The zero-order valence-electron chi connectivity index (χ0n) is 13.1. The van der Waals surface area contributed by atoms with E-state index in [4.69, 9.17) is 5.84 Å². The summed E-state index contributed by atoms with van der Waals surface area (Å²) in [5.74, 6) is 6.93. The smallest absolute Gasteiger partial charge is 0.233 e. The summed E-state index contributed by atoms with van der Waals surface area (Å²) in [6.45, 7) is 0.579. The van der Waals surface area contributed by atoms with Crippen LogP contribution in [0.25, 0.3) is 10.7 Å². The summed E-state index contributed by atoms with van der Waals surface area (Å²) < 4.78 is 1.43. The number of nitrogen functional groups attached to an aromatic ring is 1. The number of rotatable bonds is 6. The van der Waals surface area contributed by atoms with E-state index in [0.29, 0.717) is 17.5 Å². The summed E-state index contributed by atoms with van der Waals surface area (Å²) >= 11 is 2.84. The van der Waals surface area contributed by atoms with Gasteiger partial charge >= 0.3 is 0 Å². The van der Waals surface area contributed by atoms with Gasteiger partial charge in [0.1, 0.15) is 0 Å². The Kier molecular flexibility index (Phi) is 5.17. The molecule has 0 spiro atoms. The van der Waals surface area contributed by atoms with Crippen LogP contribution in [0.5, 0.6) is 0 Å². The van der Waals surface area contributed by atoms with Crippen molar-refractivity contribution < 1.29 is 4.79 Å². The van der Waals surface area contributed by atoms with Gasteiger partial charge in [-0.25, -0.2) is 4.68 Å². The van der Waals surface area contributed by atoms with Crippen molar-refractivity contribution >= 4 is 29.0 Å². The van der Waals surface area contributed by atoms with E-state index in [1.54, 1.807) is 23.3 Å². The molecule has 1 amide bonds. The molecule has 2 heterocycles. The van der Waals surface area contributed by atoms with Crippen LogP contribution < -0.4 is 5.84 Å². The van der Waals surface area contributed by atoms with E-state index in [-0.39, 0.29) is 11.7 Å². The second-order valence-electron chi connectivity index (χ2n) is 5.18. The average Bonchev–Trinajstić information content (AvgIpc) is 3.23. The topological polar surface area (TPSA) is 77.0 Å². The molecule has 0 radical (unpaired) electrons. The van der Waals surface area contributed by atoms with Crippen molar-refractivity contribution in [3.63, 3.8) is 0 Å². The van der Waals surface area contributed by atoms with Gasteiger partial charge in [0.05, 0.1) is 10.6 Å². The Hall–Kier alpha value is -2.32. The lowest BCUT2D eigenvalue weighted by Gasteiger charge is -2.16. The lowest BCUT2D eigenvalue weighted by molar-refractivity contribution is -0.127. The summed E-state index contributed by atoms with van der Waals surface area (Å²) in [4.78, 5) is 14.9. The van der Waals surface area contributed by atoms with Crippen LogP contribution in [0.15, 0.2) is 53.0 Å². The molecule has 0 saturated carbocycles. The van der Waals surface area contributed by atoms with Gasteiger partial charge in [0.2, 0.25) is 11.1 Å². The second-order valence-corrected chi connectivity index (χ2v) is 7.07. The summed E-state index contributed by atoms with van der Waals surface area (Å²) in [6.07, 6.45) is 0. The summed E-state index contributed by atoms with van der Waals surface area (Å²) in [5, 5.41) is 10.7. The predicted molar refractivity (Wildman–Crippen MR) is 97.1 cm³/mol. The van der Waals surface area contributed by atoms with Crippen LogP contribution in [-0.2, 0) is 11.3 Å². The number of carbonyl (C=O) groups is 1. The van der Waals surface area contributed by atoms with Gasteiger partial charge in [-0.15, -0.1) is 21.5 Å². The zero-order chi connectivity index (χ0) is 16.9. The Morgan fingerprint density at radius 3 is 2.75 bits per heavy atom. The Morgan fingerprint density at radius 2 is 2.04 bits per heavy atom. The van der Waals surface area contributed by atoms with Crippen LogP contribution >= 0.6 is 23.1 Å². The molecule has 2 N–H and O–H groups in total. The largest absolute Gasteiger partial charge is 0.341 e. The van der Waals surface area contributed by atoms with E-state index in [1.807, 2.05) is 47.8 Å². The fourth-order valence-corrected chi connectivity index (χ4v) is 3.63. The molecule has 24 heavy (non-hydrogen) atoms. The number of hydrogen-bond acceptors (Lipinski definition) is 6. The number of thioether (sulfide) groups is 1. The highest BCUT2D eigenvalue weighted by atomic mass is 32.2. The molecule has 6 nitrogen and oxygen atoms in total. The van der Waals surface area contributed by atoms with E-state index < -0.39 is 0 Å². The van der Waals surface area contributed by atoms with Crippen LogP contribution in [-0.4, -0.2) is 38.5 Å². The molecule has 0 aliphatic carbocycles. The van der Waals surface area contributed by atoms with Gasteiger partial charge in [0.15, 0.2) is 5.82 Å². The Morgan fingerprint density at radius 1 is 1.25 bits per heavy atom. The van der Waals surface area contributed by atoms with Crippen LogP contribution in [0, 0.1) is 0 Å². The van der Waals surface area contributed by atoms with Crippen molar-refractivity contribution in [3.05, 3.63) is 53.4 Å². The summed E-state index contributed by atoms with van der Waals surface area (Å²) in [6, 6.07) is 13.8. The van der Waals surface area contributed by atoms with Crippen molar-refractivity contribution in [3.8, 4) is 10.7 Å². The number of aromatic nitrogens is 3. The lowest BCUT2D eigenvalue weighted by Crippen LogP contribution is -2.28. The molecule has 0 atom stereocenters. The molecule has 1 aromatic carbocycles. The molecule has 2 aromatic heterocycles. The van der Waals surface area contributed by atoms with Gasteiger partial charge in [0.25, 0.3) is 0 Å². The molecule has 0 saturated heterocycles. The maximum Gasteiger partial charge on any atom is 0.233 e. The number of benzene rings is 1. The van der Waals surface area contributed by atoms with Gasteiger partial charge in [-0.2, -0.15) is 0 Å². The highest BCUT2D eigenvalue weighted by Crippen LogP contribution is 2.25. The van der Waals surface area contributed by atoms with Crippen LogP contribution in [0.3, 0.4) is 0 Å². The average molecular weight is 359 g/mol. The van der Waals surface area contributed by atoms with E-state index in [0.717, 1.165) is 10.4 Å². The highest BCUT2D eigenvalue weighted by molar-refractivity contribution is 7.99. The third-order valence-corrected chi connectivity index (χ3v) is 5.21.